The van der Waals surface area contributed by atoms with Crippen LogP contribution < -0.4 is 9.47 Å². The number of carbonyl (C=O) groups is 1. The SMILES string of the molecule is COc1ccc(Br)c(COc2ccc(C)nc2C(=O)O)c1. The molecule has 0 bridgehead atoms. The molecule has 0 aliphatic carbocycles. The first-order valence-electron chi connectivity index (χ1n) is 6.17. The van der Waals surface area contributed by atoms with Gasteiger partial charge in [0.15, 0.2) is 11.4 Å². The van der Waals surface area contributed by atoms with Crippen LogP contribution in [0.4, 0.5) is 0 Å². The number of hydrogen-bond donors (Lipinski definition) is 1. The summed E-state index contributed by atoms with van der Waals surface area (Å²) < 4.78 is 11.6. The number of rotatable bonds is 5. The molecule has 5 nitrogen and oxygen atoms in total. The Kier molecular flexibility index (Phi) is 4.80. The summed E-state index contributed by atoms with van der Waals surface area (Å²) in [6.45, 7) is 1.94. The van der Waals surface area contributed by atoms with Crippen molar-refractivity contribution < 1.29 is 19.4 Å². The van der Waals surface area contributed by atoms with Gasteiger partial charge >= 0.3 is 5.97 Å². The molecule has 0 saturated heterocycles. The van der Waals surface area contributed by atoms with Crippen molar-refractivity contribution in [3.05, 3.63) is 51.8 Å². The number of carboxylic acid groups (broad SMARTS) is 1. The molecule has 2 rings (SSSR count). The molecule has 1 aromatic heterocycles. The molecule has 6 heteroatoms. The van der Waals surface area contributed by atoms with Crippen LogP contribution in [0, 0.1) is 6.92 Å². The lowest BCUT2D eigenvalue weighted by atomic mass is 10.2. The van der Waals surface area contributed by atoms with E-state index in [0.29, 0.717) is 11.4 Å². The van der Waals surface area contributed by atoms with Crippen LogP contribution in [0.25, 0.3) is 0 Å². The maximum Gasteiger partial charge on any atom is 0.358 e. The second kappa shape index (κ2) is 6.58. The molecular formula is C15H14BrNO4. The van der Waals surface area contributed by atoms with E-state index in [4.69, 9.17) is 14.6 Å². The van der Waals surface area contributed by atoms with Crippen LogP contribution in [-0.2, 0) is 6.61 Å². The zero-order valence-electron chi connectivity index (χ0n) is 11.6. The van der Waals surface area contributed by atoms with Crippen LogP contribution in [0.5, 0.6) is 11.5 Å². The molecule has 0 atom stereocenters. The fourth-order valence-corrected chi connectivity index (χ4v) is 2.12. The smallest absolute Gasteiger partial charge is 0.358 e. The Bertz CT molecular complexity index is 673. The number of halogens is 1. The van der Waals surface area contributed by atoms with Crippen molar-refractivity contribution in [3.63, 3.8) is 0 Å². The van der Waals surface area contributed by atoms with Gasteiger partial charge in [0, 0.05) is 15.7 Å². The molecule has 0 amide bonds. The average Bonchev–Trinajstić information content (AvgIpc) is 2.47. The van der Waals surface area contributed by atoms with Crippen molar-refractivity contribution in [2.24, 2.45) is 0 Å². The largest absolute Gasteiger partial charge is 0.497 e. The van der Waals surface area contributed by atoms with Crippen molar-refractivity contribution in [2.75, 3.05) is 7.11 Å². The van der Waals surface area contributed by atoms with Crippen LogP contribution >= 0.6 is 15.9 Å². The van der Waals surface area contributed by atoms with E-state index in [9.17, 15) is 4.79 Å². The summed E-state index contributed by atoms with van der Waals surface area (Å²) in [5.74, 6) is -0.168. The summed E-state index contributed by atoms with van der Waals surface area (Å²) in [4.78, 5) is 15.2. The fourth-order valence-electron chi connectivity index (χ4n) is 1.76. The first-order chi connectivity index (χ1) is 10.0. The molecule has 0 aliphatic heterocycles. The summed E-state index contributed by atoms with van der Waals surface area (Å²) in [6, 6.07) is 8.82. The van der Waals surface area contributed by atoms with Crippen molar-refractivity contribution in [1.82, 2.24) is 4.98 Å². The Morgan fingerprint density at radius 3 is 2.76 bits per heavy atom. The molecule has 1 aromatic carbocycles. The number of ether oxygens (including phenoxy) is 2. The summed E-state index contributed by atoms with van der Waals surface area (Å²) in [5.41, 5.74) is 1.39. The number of carboxylic acids is 1. The number of aromatic nitrogens is 1. The van der Waals surface area contributed by atoms with E-state index in [1.54, 1.807) is 26.2 Å². The van der Waals surface area contributed by atoms with E-state index in [1.807, 2.05) is 18.2 Å². The number of benzene rings is 1. The van der Waals surface area contributed by atoms with Crippen LogP contribution in [0.15, 0.2) is 34.8 Å². The lowest BCUT2D eigenvalue weighted by molar-refractivity contribution is 0.0684. The molecule has 0 unspecified atom stereocenters. The Morgan fingerprint density at radius 1 is 1.33 bits per heavy atom. The average molecular weight is 352 g/mol. The number of methoxy groups -OCH3 is 1. The lowest BCUT2D eigenvalue weighted by Gasteiger charge is -2.11. The van der Waals surface area contributed by atoms with E-state index in [0.717, 1.165) is 10.0 Å². The summed E-state index contributed by atoms with van der Waals surface area (Å²) in [5, 5.41) is 9.15. The van der Waals surface area contributed by atoms with Crippen molar-refractivity contribution in [1.29, 1.82) is 0 Å². The van der Waals surface area contributed by atoms with Gasteiger partial charge in [-0.1, -0.05) is 15.9 Å². The summed E-state index contributed by atoms with van der Waals surface area (Å²) in [6.07, 6.45) is 0. The topological polar surface area (TPSA) is 68.7 Å². The van der Waals surface area contributed by atoms with Crippen molar-refractivity contribution >= 4 is 21.9 Å². The third-order valence-corrected chi connectivity index (χ3v) is 3.61. The Balaban J connectivity index is 2.22. The maximum absolute atomic E-state index is 11.2. The van der Waals surface area contributed by atoms with E-state index >= 15 is 0 Å². The van der Waals surface area contributed by atoms with E-state index < -0.39 is 5.97 Å². The molecule has 0 spiro atoms. The standard InChI is InChI=1S/C15H14BrNO4/c1-9-3-6-13(14(17-9)15(18)19)21-8-10-7-11(20-2)4-5-12(10)16/h3-7H,8H2,1-2H3,(H,18,19). The molecule has 0 saturated carbocycles. The molecule has 110 valence electrons. The molecule has 0 aliphatic rings. The molecule has 2 aromatic rings. The molecule has 1 heterocycles. The highest BCUT2D eigenvalue weighted by Gasteiger charge is 2.14. The molecule has 0 radical (unpaired) electrons. The number of aromatic carboxylic acids is 1. The first kappa shape index (κ1) is 15.3. The van der Waals surface area contributed by atoms with Gasteiger partial charge in [0.05, 0.1) is 7.11 Å². The molecule has 1 N–H and O–H groups in total. The van der Waals surface area contributed by atoms with E-state index in [2.05, 4.69) is 20.9 Å². The van der Waals surface area contributed by atoms with E-state index in [1.165, 1.54) is 0 Å². The van der Waals surface area contributed by atoms with Gasteiger partial charge in [0.25, 0.3) is 0 Å². The second-order valence-electron chi connectivity index (χ2n) is 4.35. The Morgan fingerprint density at radius 2 is 2.10 bits per heavy atom. The van der Waals surface area contributed by atoms with Gasteiger partial charge in [-0.2, -0.15) is 0 Å². The van der Waals surface area contributed by atoms with Gasteiger partial charge < -0.3 is 14.6 Å². The van der Waals surface area contributed by atoms with Gasteiger partial charge in [0.1, 0.15) is 12.4 Å². The van der Waals surface area contributed by atoms with Crippen molar-refractivity contribution in [2.45, 2.75) is 13.5 Å². The third kappa shape index (κ3) is 3.72. The van der Waals surface area contributed by atoms with Crippen LogP contribution in [0.2, 0.25) is 0 Å². The van der Waals surface area contributed by atoms with Crippen LogP contribution in [-0.4, -0.2) is 23.2 Å². The highest BCUT2D eigenvalue weighted by Crippen LogP contribution is 2.25. The number of hydrogen-bond acceptors (Lipinski definition) is 4. The quantitative estimate of drug-likeness (QED) is 0.893. The minimum Gasteiger partial charge on any atom is -0.497 e. The minimum atomic E-state index is -1.11. The highest BCUT2D eigenvalue weighted by atomic mass is 79.9. The van der Waals surface area contributed by atoms with Gasteiger partial charge in [-0.15, -0.1) is 0 Å². The Hall–Kier alpha value is -2.08. The van der Waals surface area contributed by atoms with Gasteiger partial charge in [-0.05, 0) is 37.3 Å². The number of nitrogens with zero attached hydrogens (tertiary/aromatic N) is 1. The third-order valence-electron chi connectivity index (χ3n) is 2.84. The predicted octanol–water partition coefficient (Wildman–Crippen LogP) is 3.44. The number of aryl methyl sites for hydroxylation is 1. The molecule has 21 heavy (non-hydrogen) atoms. The highest BCUT2D eigenvalue weighted by molar-refractivity contribution is 9.10. The van der Waals surface area contributed by atoms with Crippen LogP contribution in [0.3, 0.4) is 0 Å². The fraction of sp³-hybridized carbons (Fsp3) is 0.200. The second-order valence-corrected chi connectivity index (χ2v) is 5.20. The molecular weight excluding hydrogens is 338 g/mol. The first-order valence-corrected chi connectivity index (χ1v) is 6.96. The van der Waals surface area contributed by atoms with E-state index in [-0.39, 0.29) is 18.1 Å². The van der Waals surface area contributed by atoms with Gasteiger partial charge in [-0.3, -0.25) is 0 Å². The molecule has 0 fully saturated rings. The summed E-state index contributed by atoms with van der Waals surface area (Å²) >= 11 is 3.42. The minimum absolute atomic E-state index is 0.0889. The lowest BCUT2D eigenvalue weighted by Crippen LogP contribution is -2.07. The van der Waals surface area contributed by atoms with Crippen LogP contribution in [0.1, 0.15) is 21.7 Å². The van der Waals surface area contributed by atoms with Gasteiger partial charge in [0.2, 0.25) is 0 Å². The Labute approximate surface area is 130 Å². The zero-order valence-corrected chi connectivity index (χ0v) is 13.2. The maximum atomic E-state index is 11.2. The zero-order chi connectivity index (χ0) is 15.4. The van der Waals surface area contributed by atoms with Crippen molar-refractivity contribution in [3.8, 4) is 11.5 Å². The monoisotopic (exact) mass is 351 g/mol. The van der Waals surface area contributed by atoms with Gasteiger partial charge in [-0.25, -0.2) is 9.78 Å². The summed E-state index contributed by atoms with van der Waals surface area (Å²) in [7, 11) is 1.58. The predicted molar refractivity (Wildman–Crippen MR) is 81.0 cm³/mol. The normalized spacial score (nSPS) is 10.2. The number of pyridine rings is 1.